The average Bonchev–Trinajstić information content (AvgIpc) is 2.96. The van der Waals surface area contributed by atoms with Gasteiger partial charge in [0, 0.05) is 28.6 Å². The van der Waals surface area contributed by atoms with Gasteiger partial charge in [0.2, 0.25) is 5.76 Å². The van der Waals surface area contributed by atoms with E-state index >= 15 is 0 Å². The Morgan fingerprint density at radius 3 is 2.72 bits per heavy atom. The number of carbonyl (C=O) groups excluding carboxylic acids is 1. The molecule has 0 radical (unpaired) electrons. The van der Waals surface area contributed by atoms with Gasteiger partial charge in [-0.1, -0.05) is 11.6 Å². The number of benzene rings is 2. The van der Waals surface area contributed by atoms with Crippen LogP contribution in [-0.4, -0.2) is 20.1 Å². The number of fused-ring (bicyclic) bond motifs is 1. The van der Waals surface area contributed by atoms with E-state index in [1.165, 1.54) is 0 Å². The number of nitrogens with one attached hydrogen (secondary N) is 1. The summed E-state index contributed by atoms with van der Waals surface area (Å²) in [6.07, 6.45) is 0. The van der Waals surface area contributed by atoms with Crippen LogP contribution < -0.4 is 20.5 Å². The van der Waals surface area contributed by atoms with Crippen molar-refractivity contribution in [2.24, 2.45) is 0 Å². The van der Waals surface area contributed by atoms with Gasteiger partial charge >= 0.3 is 0 Å². The van der Waals surface area contributed by atoms with Gasteiger partial charge in [-0.15, -0.1) is 0 Å². The molecule has 3 rings (SSSR count). The molecule has 3 aromatic rings. The minimum Gasteiger partial charge on any atom is -0.497 e. The summed E-state index contributed by atoms with van der Waals surface area (Å²) in [6.45, 7) is 0.253. The number of anilines is 1. The molecule has 0 aliphatic rings. The summed E-state index contributed by atoms with van der Waals surface area (Å²) in [6, 6.07) is 10.4. The number of ether oxygens (including phenoxy) is 2. The van der Waals surface area contributed by atoms with E-state index in [1.807, 2.05) is 6.07 Å². The fraction of sp³-hybridized carbons (Fsp3) is 0.167. The van der Waals surface area contributed by atoms with Gasteiger partial charge < -0.3 is 24.9 Å². The first kappa shape index (κ1) is 17.0. The molecule has 0 aliphatic carbocycles. The van der Waals surface area contributed by atoms with Gasteiger partial charge in [0.05, 0.1) is 19.9 Å². The Bertz CT molecular complexity index is 936. The van der Waals surface area contributed by atoms with Crippen LogP contribution in [0.15, 0.2) is 40.8 Å². The largest absolute Gasteiger partial charge is 0.497 e. The highest BCUT2D eigenvalue weighted by molar-refractivity contribution is 6.31. The van der Waals surface area contributed by atoms with Gasteiger partial charge in [0.15, 0.2) is 0 Å². The molecule has 7 heteroatoms. The van der Waals surface area contributed by atoms with Crippen molar-refractivity contribution < 1.29 is 18.7 Å². The van der Waals surface area contributed by atoms with Crippen molar-refractivity contribution in [1.82, 2.24) is 5.32 Å². The number of nitrogens with two attached hydrogens (primary N) is 1. The van der Waals surface area contributed by atoms with E-state index in [1.54, 1.807) is 44.6 Å². The summed E-state index contributed by atoms with van der Waals surface area (Å²) in [7, 11) is 3.13. The molecule has 6 nitrogen and oxygen atoms in total. The molecule has 0 saturated heterocycles. The predicted molar refractivity (Wildman–Crippen MR) is 96.4 cm³/mol. The SMILES string of the molecule is COc1ccc(CNC(=O)c2oc3ccc(Cl)cc3c2N)c(OC)c1. The minimum absolute atomic E-state index is 0.0599. The molecule has 130 valence electrons. The van der Waals surface area contributed by atoms with Crippen LogP contribution >= 0.6 is 11.6 Å². The van der Waals surface area contributed by atoms with E-state index in [0.29, 0.717) is 27.5 Å². The lowest BCUT2D eigenvalue weighted by Gasteiger charge is -2.11. The molecular weight excluding hydrogens is 344 g/mol. The number of nitrogen functional groups attached to an aromatic ring is 1. The Labute approximate surface area is 149 Å². The zero-order valence-electron chi connectivity index (χ0n) is 13.8. The highest BCUT2D eigenvalue weighted by Crippen LogP contribution is 2.31. The van der Waals surface area contributed by atoms with E-state index in [2.05, 4.69) is 5.32 Å². The third kappa shape index (κ3) is 3.34. The first-order valence-corrected chi connectivity index (χ1v) is 7.88. The molecule has 25 heavy (non-hydrogen) atoms. The number of hydrogen-bond acceptors (Lipinski definition) is 5. The molecule has 0 atom stereocenters. The van der Waals surface area contributed by atoms with Crippen LogP contribution in [0.5, 0.6) is 11.5 Å². The van der Waals surface area contributed by atoms with E-state index in [0.717, 1.165) is 5.56 Å². The van der Waals surface area contributed by atoms with Gasteiger partial charge in [-0.25, -0.2) is 0 Å². The summed E-state index contributed by atoms with van der Waals surface area (Å²) >= 11 is 5.96. The molecule has 0 saturated carbocycles. The molecule has 0 bridgehead atoms. The summed E-state index contributed by atoms with van der Waals surface area (Å²) in [4.78, 5) is 12.4. The lowest BCUT2D eigenvalue weighted by atomic mass is 10.2. The maximum Gasteiger partial charge on any atom is 0.289 e. The highest BCUT2D eigenvalue weighted by Gasteiger charge is 2.19. The summed E-state index contributed by atoms with van der Waals surface area (Å²) in [5.74, 6) is 0.932. The first-order valence-electron chi connectivity index (χ1n) is 7.50. The molecule has 0 aliphatic heterocycles. The molecule has 1 heterocycles. The van der Waals surface area contributed by atoms with Crippen LogP contribution in [0.2, 0.25) is 5.02 Å². The van der Waals surface area contributed by atoms with Crippen LogP contribution in [0.1, 0.15) is 16.1 Å². The number of amides is 1. The summed E-state index contributed by atoms with van der Waals surface area (Å²) in [5.41, 5.74) is 7.59. The summed E-state index contributed by atoms with van der Waals surface area (Å²) in [5, 5.41) is 3.91. The second-order valence-corrected chi connectivity index (χ2v) is 5.78. The van der Waals surface area contributed by atoms with E-state index in [9.17, 15) is 4.79 Å². The van der Waals surface area contributed by atoms with Crippen LogP contribution in [0.25, 0.3) is 11.0 Å². The van der Waals surface area contributed by atoms with E-state index in [-0.39, 0.29) is 18.0 Å². The molecule has 2 aromatic carbocycles. The molecule has 1 aromatic heterocycles. The normalized spacial score (nSPS) is 10.7. The summed E-state index contributed by atoms with van der Waals surface area (Å²) < 4.78 is 16.0. The smallest absolute Gasteiger partial charge is 0.289 e. The van der Waals surface area contributed by atoms with Crippen molar-refractivity contribution in [3.05, 3.63) is 52.7 Å². The number of rotatable bonds is 5. The van der Waals surface area contributed by atoms with E-state index < -0.39 is 5.91 Å². The fourth-order valence-electron chi connectivity index (χ4n) is 2.51. The van der Waals surface area contributed by atoms with Gasteiger partial charge in [0.1, 0.15) is 17.1 Å². The lowest BCUT2D eigenvalue weighted by molar-refractivity contribution is 0.0926. The standard InChI is InChI=1S/C18H17ClN2O4/c1-23-12-5-3-10(15(8-12)24-2)9-21-18(22)17-16(20)13-7-11(19)4-6-14(13)25-17/h3-8H,9,20H2,1-2H3,(H,21,22). The zero-order valence-corrected chi connectivity index (χ0v) is 14.5. The second kappa shape index (κ2) is 6.94. The quantitative estimate of drug-likeness (QED) is 0.725. The maximum absolute atomic E-state index is 12.4. The molecule has 0 spiro atoms. The third-order valence-corrected chi connectivity index (χ3v) is 4.06. The minimum atomic E-state index is -0.414. The number of furan rings is 1. The second-order valence-electron chi connectivity index (χ2n) is 5.35. The Morgan fingerprint density at radius 2 is 2.00 bits per heavy atom. The molecule has 1 amide bonds. The fourth-order valence-corrected chi connectivity index (χ4v) is 2.68. The Morgan fingerprint density at radius 1 is 1.20 bits per heavy atom. The number of hydrogen-bond donors (Lipinski definition) is 2. The molecule has 3 N–H and O–H groups in total. The van der Waals surface area contributed by atoms with Gasteiger partial charge in [0.25, 0.3) is 5.91 Å². The van der Waals surface area contributed by atoms with E-state index in [4.69, 9.17) is 31.2 Å². The maximum atomic E-state index is 12.4. The number of methoxy groups -OCH3 is 2. The van der Waals surface area contributed by atoms with Gasteiger partial charge in [-0.3, -0.25) is 4.79 Å². The van der Waals surface area contributed by atoms with Gasteiger partial charge in [-0.2, -0.15) is 0 Å². The predicted octanol–water partition coefficient (Wildman–Crippen LogP) is 3.62. The van der Waals surface area contributed by atoms with Crippen LogP contribution in [0, 0.1) is 0 Å². The topological polar surface area (TPSA) is 86.7 Å². The van der Waals surface area contributed by atoms with Crippen LogP contribution in [-0.2, 0) is 6.54 Å². The Hall–Kier alpha value is -2.86. The molecule has 0 unspecified atom stereocenters. The highest BCUT2D eigenvalue weighted by atomic mass is 35.5. The van der Waals surface area contributed by atoms with Crippen LogP contribution in [0.3, 0.4) is 0 Å². The first-order chi connectivity index (χ1) is 12.0. The Kier molecular flexibility index (Phi) is 4.72. The number of carbonyl (C=O) groups is 1. The van der Waals surface area contributed by atoms with Crippen molar-refractivity contribution in [1.29, 1.82) is 0 Å². The third-order valence-electron chi connectivity index (χ3n) is 3.83. The zero-order chi connectivity index (χ0) is 18.0. The lowest BCUT2D eigenvalue weighted by Crippen LogP contribution is -2.23. The number of halogens is 1. The molecular formula is C18H17ClN2O4. The Balaban J connectivity index is 1.80. The van der Waals surface area contributed by atoms with Gasteiger partial charge in [-0.05, 0) is 30.3 Å². The van der Waals surface area contributed by atoms with Crippen molar-refractivity contribution >= 4 is 34.2 Å². The van der Waals surface area contributed by atoms with Crippen molar-refractivity contribution in [3.8, 4) is 11.5 Å². The monoisotopic (exact) mass is 360 g/mol. The van der Waals surface area contributed by atoms with Crippen molar-refractivity contribution in [3.63, 3.8) is 0 Å². The average molecular weight is 361 g/mol. The van der Waals surface area contributed by atoms with Crippen molar-refractivity contribution in [2.75, 3.05) is 20.0 Å². The van der Waals surface area contributed by atoms with Crippen molar-refractivity contribution in [2.45, 2.75) is 6.54 Å². The van der Waals surface area contributed by atoms with Crippen LogP contribution in [0.4, 0.5) is 5.69 Å². The molecule has 0 fully saturated rings.